The molecule has 0 heterocycles. The molecule has 30 heavy (non-hydrogen) atoms. The fourth-order valence-electron chi connectivity index (χ4n) is 2.97. The lowest BCUT2D eigenvalue weighted by Crippen LogP contribution is -2.49. The molecule has 0 aliphatic heterocycles. The summed E-state index contributed by atoms with van der Waals surface area (Å²) in [5.41, 5.74) is 1.65. The van der Waals surface area contributed by atoms with Crippen molar-refractivity contribution in [2.45, 2.75) is 38.6 Å². The Morgan fingerprint density at radius 3 is 2.43 bits per heavy atom. The zero-order valence-corrected chi connectivity index (χ0v) is 19.3. The minimum Gasteiger partial charge on any atom is -0.355 e. The molecular formula is C22H25Cl2FN2O2S. The first-order valence-corrected chi connectivity index (χ1v) is 11.6. The summed E-state index contributed by atoms with van der Waals surface area (Å²) in [6, 6.07) is 10.6. The molecular weight excluding hydrogens is 446 g/mol. The van der Waals surface area contributed by atoms with Crippen LogP contribution in [0.15, 0.2) is 42.5 Å². The van der Waals surface area contributed by atoms with Gasteiger partial charge < -0.3 is 10.2 Å². The summed E-state index contributed by atoms with van der Waals surface area (Å²) >= 11 is 13.5. The number of nitrogens with one attached hydrogen (secondary N) is 1. The summed E-state index contributed by atoms with van der Waals surface area (Å²) in [5, 5.41) is 3.91. The van der Waals surface area contributed by atoms with Gasteiger partial charge in [-0.1, -0.05) is 48.3 Å². The molecule has 8 heteroatoms. The van der Waals surface area contributed by atoms with Gasteiger partial charge in [-0.3, -0.25) is 9.59 Å². The lowest BCUT2D eigenvalue weighted by Gasteiger charge is -2.30. The minimum atomic E-state index is -0.595. The van der Waals surface area contributed by atoms with E-state index in [0.717, 1.165) is 11.1 Å². The second-order valence-corrected chi connectivity index (χ2v) is 8.52. The molecule has 162 valence electrons. The number of carbonyl (C=O) groups is 2. The van der Waals surface area contributed by atoms with Crippen molar-refractivity contribution >= 4 is 46.8 Å². The van der Waals surface area contributed by atoms with Gasteiger partial charge in [0.25, 0.3) is 0 Å². The Morgan fingerprint density at radius 2 is 1.83 bits per heavy atom. The van der Waals surface area contributed by atoms with Crippen molar-refractivity contribution in [3.05, 3.63) is 69.5 Å². The first-order valence-electron chi connectivity index (χ1n) is 9.69. The fourth-order valence-corrected chi connectivity index (χ4v) is 4.44. The van der Waals surface area contributed by atoms with Crippen LogP contribution in [0.25, 0.3) is 0 Å². The van der Waals surface area contributed by atoms with Crippen LogP contribution >= 0.6 is 35.0 Å². The van der Waals surface area contributed by atoms with Crippen LogP contribution in [-0.4, -0.2) is 35.1 Å². The highest BCUT2D eigenvalue weighted by atomic mass is 35.5. The summed E-state index contributed by atoms with van der Waals surface area (Å²) in [7, 11) is 0. The third-order valence-corrected chi connectivity index (χ3v) is 6.05. The number of carbonyl (C=O) groups excluding carboxylic acids is 2. The lowest BCUT2D eigenvalue weighted by molar-refractivity contribution is -0.139. The Hall–Kier alpha value is -1.76. The third kappa shape index (κ3) is 7.18. The standard InChI is InChI=1S/C22H25Cl2FN2O2S/c1-3-20(22(29)26-4-2)27(12-15-5-9-18(25)10-6-15)21(28)14-30-13-16-7-8-17(23)11-19(16)24/h5-11,20H,3-4,12-14H2,1-2H3,(H,26,29). The average molecular weight is 471 g/mol. The normalized spacial score (nSPS) is 11.8. The maximum atomic E-state index is 13.3. The maximum absolute atomic E-state index is 13.3. The van der Waals surface area contributed by atoms with Crippen LogP contribution in [0.1, 0.15) is 31.4 Å². The van der Waals surface area contributed by atoms with Crippen molar-refractivity contribution in [2.24, 2.45) is 0 Å². The van der Waals surface area contributed by atoms with E-state index in [4.69, 9.17) is 23.2 Å². The molecule has 2 aromatic carbocycles. The number of hydrogen-bond donors (Lipinski definition) is 1. The first kappa shape index (κ1) is 24.5. The molecule has 0 aliphatic rings. The first-order chi connectivity index (χ1) is 14.3. The van der Waals surface area contributed by atoms with Gasteiger partial charge >= 0.3 is 0 Å². The largest absolute Gasteiger partial charge is 0.355 e. The van der Waals surface area contributed by atoms with Crippen LogP contribution in [0.5, 0.6) is 0 Å². The number of halogens is 3. The van der Waals surface area contributed by atoms with Gasteiger partial charge in [0, 0.05) is 28.9 Å². The molecule has 1 unspecified atom stereocenters. The lowest BCUT2D eigenvalue weighted by atomic mass is 10.1. The zero-order valence-electron chi connectivity index (χ0n) is 17.0. The van der Waals surface area contributed by atoms with Gasteiger partial charge in [0.2, 0.25) is 11.8 Å². The number of thioether (sulfide) groups is 1. The van der Waals surface area contributed by atoms with Crippen LogP contribution in [0.3, 0.4) is 0 Å². The molecule has 0 saturated heterocycles. The molecule has 4 nitrogen and oxygen atoms in total. The number of rotatable bonds is 10. The second-order valence-electron chi connectivity index (χ2n) is 6.70. The summed E-state index contributed by atoms with van der Waals surface area (Å²) in [6.45, 7) is 4.42. The molecule has 1 N–H and O–H groups in total. The number of hydrogen-bond acceptors (Lipinski definition) is 3. The molecule has 2 rings (SSSR count). The van der Waals surface area contributed by atoms with Crippen LogP contribution in [0.2, 0.25) is 10.0 Å². The summed E-state index contributed by atoms with van der Waals surface area (Å²) in [6.07, 6.45) is 0.479. The third-order valence-electron chi connectivity index (χ3n) is 4.50. The molecule has 2 amide bonds. The van der Waals surface area contributed by atoms with Crippen molar-refractivity contribution in [1.29, 1.82) is 0 Å². The topological polar surface area (TPSA) is 49.4 Å². The fraction of sp³-hybridized carbons (Fsp3) is 0.364. The van der Waals surface area contributed by atoms with E-state index in [9.17, 15) is 14.0 Å². The minimum absolute atomic E-state index is 0.160. The number of benzene rings is 2. The number of likely N-dealkylation sites (N-methyl/N-ethyl adjacent to an activating group) is 1. The maximum Gasteiger partial charge on any atom is 0.242 e. The predicted octanol–water partition coefficient (Wildman–Crippen LogP) is 5.31. The van der Waals surface area contributed by atoms with E-state index >= 15 is 0 Å². The van der Waals surface area contributed by atoms with E-state index in [-0.39, 0.29) is 29.9 Å². The van der Waals surface area contributed by atoms with E-state index in [1.807, 2.05) is 19.9 Å². The van der Waals surface area contributed by atoms with Crippen LogP contribution < -0.4 is 5.32 Å². The van der Waals surface area contributed by atoms with Crippen molar-refractivity contribution in [2.75, 3.05) is 12.3 Å². The van der Waals surface area contributed by atoms with Gasteiger partial charge in [-0.15, -0.1) is 11.8 Å². The molecule has 0 radical (unpaired) electrons. The highest BCUT2D eigenvalue weighted by Crippen LogP contribution is 2.25. The Morgan fingerprint density at radius 1 is 1.13 bits per heavy atom. The van der Waals surface area contributed by atoms with Crippen LogP contribution in [0, 0.1) is 5.82 Å². The monoisotopic (exact) mass is 470 g/mol. The highest BCUT2D eigenvalue weighted by Gasteiger charge is 2.28. The van der Waals surface area contributed by atoms with Gasteiger partial charge in [-0.2, -0.15) is 0 Å². The molecule has 0 fully saturated rings. The SMILES string of the molecule is CCNC(=O)C(CC)N(Cc1ccc(F)cc1)C(=O)CSCc1ccc(Cl)cc1Cl. The van der Waals surface area contributed by atoms with E-state index in [0.29, 0.717) is 28.8 Å². The van der Waals surface area contributed by atoms with Gasteiger partial charge in [0.05, 0.1) is 5.75 Å². The van der Waals surface area contributed by atoms with E-state index < -0.39 is 6.04 Å². The van der Waals surface area contributed by atoms with Crippen LogP contribution in [0.4, 0.5) is 4.39 Å². The zero-order chi connectivity index (χ0) is 22.1. The smallest absolute Gasteiger partial charge is 0.242 e. The van der Waals surface area contributed by atoms with E-state index in [2.05, 4.69) is 5.32 Å². The van der Waals surface area contributed by atoms with E-state index in [1.165, 1.54) is 23.9 Å². The van der Waals surface area contributed by atoms with E-state index in [1.54, 1.807) is 29.2 Å². The average Bonchev–Trinajstić information content (AvgIpc) is 2.71. The molecule has 0 aromatic heterocycles. The quantitative estimate of drug-likeness (QED) is 0.511. The van der Waals surface area contributed by atoms with Gasteiger partial charge in [-0.25, -0.2) is 4.39 Å². The Balaban J connectivity index is 2.11. The van der Waals surface area contributed by atoms with Crippen molar-refractivity contribution in [3.63, 3.8) is 0 Å². The molecule has 1 atom stereocenters. The van der Waals surface area contributed by atoms with Gasteiger partial charge in [-0.05, 0) is 48.7 Å². The highest BCUT2D eigenvalue weighted by molar-refractivity contribution is 7.99. The van der Waals surface area contributed by atoms with Crippen molar-refractivity contribution < 1.29 is 14.0 Å². The summed E-state index contributed by atoms with van der Waals surface area (Å²) in [4.78, 5) is 27.1. The van der Waals surface area contributed by atoms with Gasteiger partial charge in [0.1, 0.15) is 11.9 Å². The second kappa shape index (κ2) is 12.2. The molecule has 0 saturated carbocycles. The molecule has 2 aromatic rings. The van der Waals surface area contributed by atoms with Crippen molar-refractivity contribution in [1.82, 2.24) is 10.2 Å². The Labute approximate surface area is 191 Å². The molecule has 0 aliphatic carbocycles. The summed E-state index contributed by atoms with van der Waals surface area (Å²) in [5.74, 6) is 0.0386. The van der Waals surface area contributed by atoms with Crippen LogP contribution in [-0.2, 0) is 21.9 Å². The Bertz CT molecular complexity index is 865. The number of amides is 2. The molecule has 0 bridgehead atoms. The Kier molecular flexibility index (Phi) is 9.95. The number of nitrogens with zero attached hydrogens (tertiary/aromatic N) is 1. The van der Waals surface area contributed by atoms with Gasteiger partial charge in [0.15, 0.2) is 0 Å². The molecule has 0 spiro atoms. The summed E-state index contributed by atoms with van der Waals surface area (Å²) < 4.78 is 13.3. The predicted molar refractivity (Wildman–Crippen MR) is 122 cm³/mol. The van der Waals surface area contributed by atoms with Crippen molar-refractivity contribution in [3.8, 4) is 0 Å².